The maximum Gasteiger partial charge on any atom is 0.294 e. The summed E-state index contributed by atoms with van der Waals surface area (Å²) in [6, 6.07) is 15.1. The Morgan fingerprint density at radius 2 is 1.47 bits per heavy atom. The van der Waals surface area contributed by atoms with E-state index in [1.54, 1.807) is 24.3 Å². The average Bonchev–Trinajstić information content (AvgIpc) is 2.40. The zero-order valence-electron chi connectivity index (χ0n) is 10.4. The molecule has 0 aliphatic rings. The molecule has 0 fully saturated rings. The molecule has 0 aliphatic carbocycles. The zero-order chi connectivity index (χ0) is 14.3. The molecule has 2 aromatic rings. The van der Waals surface area contributed by atoms with E-state index >= 15 is 0 Å². The van der Waals surface area contributed by atoms with Crippen molar-refractivity contribution in [2.75, 3.05) is 0 Å². The van der Waals surface area contributed by atoms with Gasteiger partial charge in [0.1, 0.15) is 6.29 Å². The van der Waals surface area contributed by atoms with Gasteiger partial charge < -0.3 is 0 Å². The van der Waals surface area contributed by atoms with Crippen LogP contribution in [0.2, 0.25) is 0 Å². The van der Waals surface area contributed by atoms with Gasteiger partial charge in [-0.15, -0.1) is 0 Å². The van der Waals surface area contributed by atoms with Crippen molar-refractivity contribution in [2.45, 2.75) is 11.8 Å². The van der Waals surface area contributed by atoms with E-state index in [2.05, 4.69) is 0 Å². The normalized spacial score (nSPS) is 10.2. The van der Waals surface area contributed by atoms with E-state index in [1.165, 1.54) is 12.1 Å². The molecule has 100 valence electrons. The summed E-state index contributed by atoms with van der Waals surface area (Å²) in [5.74, 6) is 0. The van der Waals surface area contributed by atoms with Gasteiger partial charge in [0.15, 0.2) is 0 Å². The number of hydrogen-bond donors (Lipinski definition) is 1. The molecule has 0 radical (unpaired) electrons. The van der Waals surface area contributed by atoms with E-state index in [0.717, 1.165) is 17.4 Å². The standard InChI is InChI=1S/C7H8O3S.C7H6O/c1-6-2-4-7(5-3-6)11(8,9)10;8-6-7-4-2-1-3-5-7/h2-5H,1H3,(H,8,9,10);1-6H. The van der Waals surface area contributed by atoms with Gasteiger partial charge in [0.2, 0.25) is 0 Å². The number of carbonyl (C=O) groups is 1. The van der Waals surface area contributed by atoms with Crippen LogP contribution in [0.4, 0.5) is 0 Å². The molecule has 0 aliphatic heterocycles. The third-order valence-electron chi connectivity index (χ3n) is 2.25. The van der Waals surface area contributed by atoms with Gasteiger partial charge in [0.25, 0.3) is 10.1 Å². The fraction of sp³-hybridized carbons (Fsp3) is 0.0714. The number of hydrogen-bond acceptors (Lipinski definition) is 3. The molecule has 0 aromatic heterocycles. The molecule has 19 heavy (non-hydrogen) atoms. The predicted octanol–water partition coefficient (Wildman–Crippen LogP) is 2.74. The first kappa shape index (κ1) is 15.1. The van der Waals surface area contributed by atoms with Crippen LogP contribution in [0.25, 0.3) is 0 Å². The lowest BCUT2D eigenvalue weighted by Gasteiger charge is -1.95. The Morgan fingerprint density at radius 3 is 1.84 bits per heavy atom. The van der Waals surface area contributed by atoms with E-state index < -0.39 is 10.1 Å². The Labute approximate surface area is 112 Å². The number of aryl methyl sites for hydroxylation is 1. The van der Waals surface area contributed by atoms with Crippen LogP contribution in [-0.2, 0) is 10.1 Å². The second-order valence-corrected chi connectivity index (χ2v) is 5.24. The van der Waals surface area contributed by atoms with Crippen LogP contribution in [0, 0.1) is 6.92 Å². The highest BCUT2D eigenvalue weighted by molar-refractivity contribution is 7.85. The molecular weight excluding hydrogens is 264 g/mol. The molecule has 0 amide bonds. The minimum atomic E-state index is -4.02. The van der Waals surface area contributed by atoms with Crippen molar-refractivity contribution in [1.29, 1.82) is 0 Å². The minimum Gasteiger partial charge on any atom is -0.298 e. The largest absolute Gasteiger partial charge is 0.298 e. The monoisotopic (exact) mass is 278 g/mol. The van der Waals surface area contributed by atoms with Crippen LogP contribution in [-0.4, -0.2) is 19.3 Å². The minimum absolute atomic E-state index is 0.0666. The van der Waals surface area contributed by atoms with Crippen LogP contribution in [0.15, 0.2) is 59.5 Å². The fourth-order valence-corrected chi connectivity index (χ4v) is 1.72. The highest BCUT2D eigenvalue weighted by Gasteiger charge is 2.06. The average molecular weight is 278 g/mol. The molecule has 0 atom stereocenters. The summed E-state index contributed by atoms with van der Waals surface area (Å²) in [5.41, 5.74) is 1.69. The molecule has 0 bridgehead atoms. The fourth-order valence-electron chi connectivity index (χ4n) is 1.24. The Hall–Kier alpha value is -1.98. The summed E-state index contributed by atoms with van der Waals surface area (Å²) >= 11 is 0. The Morgan fingerprint density at radius 1 is 0.947 bits per heavy atom. The molecule has 0 unspecified atom stereocenters. The van der Waals surface area contributed by atoms with E-state index in [-0.39, 0.29) is 4.90 Å². The SMILES string of the molecule is Cc1ccc(S(=O)(=O)O)cc1.O=Cc1ccccc1. The van der Waals surface area contributed by atoms with Crippen LogP contribution in [0.5, 0.6) is 0 Å². The van der Waals surface area contributed by atoms with Crippen molar-refractivity contribution < 1.29 is 17.8 Å². The number of benzene rings is 2. The second kappa shape index (κ2) is 6.82. The molecule has 0 saturated carbocycles. The van der Waals surface area contributed by atoms with Gasteiger partial charge in [-0.25, -0.2) is 0 Å². The van der Waals surface area contributed by atoms with Crippen LogP contribution in [0.3, 0.4) is 0 Å². The molecular formula is C14H14O4S. The first-order chi connectivity index (χ1) is 8.93. The van der Waals surface area contributed by atoms with Gasteiger partial charge >= 0.3 is 0 Å². The molecule has 4 nitrogen and oxygen atoms in total. The number of carbonyl (C=O) groups excluding carboxylic acids is 1. The van der Waals surface area contributed by atoms with Gasteiger partial charge in [-0.2, -0.15) is 8.42 Å². The van der Waals surface area contributed by atoms with Gasteiger partial charge in [-0.05, 0) is 19.1 Å². The molecule has 1 N–H and O–H groups in total. The van der Waals surface area contributed by atoms with E-state index in [1.807, 2.05) is 25.1 Å². The van der Waals surface area contributed by atoms with Crippen molar-refractivity contribution in [2.24, 2.45) is 0 Å². The zero-order valence-corrected chi connectivity index (χ0v) is 11.2. The van der Waals surface area contributed by atoms with E-state index in [9.17, 15) is 13.2 Å². The molecule has 0 spiro atoms. The third-order valence-corrected chi connectivity index (χ3v) is 3.12. The highest BCUT2D eigenvalue weighted by Crippen LogP contribution is 2.08. The maximum absolute atomic E-state index is 10.5. The quantitative estimate of drug-likeness (QED) is 0.677. The first-order valence-electron chi connectivity index (χ1n) is 5.48. The van der Waals surface area contributed by atoms with Crippen molar-refractivity contribution in [1.82, 2.24) is 0 Å². The smallest absolute Gasteiger partial charge is 0.294 e. The third kappa shape index (κ3) is 5.46. The molecule has 2 rings (SSSR count). The van der Waals surface area contributed by atoms with Crippen molar-refractivity contribution in [3.63, 3.8) is 0 Å². The molecule has 5 heteroatoms. The lowest BCUT2D eigenvalue weighted by atomic mass is 10.2. The lowest BCUT2D eigenvalue weighted by molar-refractivity contribution is 0.112. The Kier molecular flexibility index (Phi) is 5.41. The first-order valence-corrected chi connectivity index (χ1v) is 6.92. The van der Waals surface area contributed by atoms with Crippen molar-refractivity contribution in [3.8, 4) is 0 Å². The summed E-state index contributed by atoms with van der Waals surface area (Å²) in [6.45, 7) is 1.84. The summed E-state index contributed by atoms with van der Waals surface area (Å²) in [7, 11) is -4.02. The van der Waals surface area contributed by atoms with Gasteiger partial charge in [-0.3, -0.25) is 9.35 Å². The lowest BCUT2D eigenvalue weighted by Crippen LogP contribution is -1.96. The Bertz CT molecular complexity index is 616. The summed E-state index contributed by atoms with van der Waals surface area (Å²) in [6.07, 6.45) is 0.833. The highest BCUT2D eigenvalue weighted by atomic mass is 32.2. The van der Waals surface area contributed by atoms with Gasteiger partial charge in [0, 0.05) is 5.56 Å². The van der Waals surface area contributed by atoms with Crippen LogP contribution in [0.1, 0.15) is 15.9 Å². The number of aldehydes is 1. The summed E-state index contributed by atoms with van der Waals surface area (Å²) in [4.78, 5) is 9.94. The van der Waals surface area contributed by atoms with Gasteiger partial charge in [0.05, 0.1) is 4.90 Å². The van der Waals surface area contributed by atoms with Gasteiger partial charge in [-0.1, -0.05) is 48.0 Å². The molecule has 2 aromatic carbocycles. The maximum atomic E-state index is 10.5. The van der Waals surface area contributed by atoms with Crippen LogP contribution < -0.4 is 0 Å². The second-order valence-electron chi connectivity index (χ2n) is 3.82. The van der Waals surface area contributed by atoms with Crippen molar-refractivity contribution >= 4 is 16.4 Å². The predicted molar refractivity (Wildman–Crippen MR) is 72.8 cm³/mol. The topological polar surface area (TPSA) is 71.4 Å². The summed E-state index contributed by atoms with van der Waals surface area (Å²) in [5, 5.41) is 0. The Balaban J connectivity index is 0.000000200. The van der Waals surface area contributed by atoms with E-state index in [0.29, 0.717) is 0 Å². The van der Waals surface area contributed by atoms with Crippen LogP contribution >= 0.6 is 0 Å². The number of rotatable bonds is 2. The van der Waals surface area contributed by atoms with Crippen molar-refractivity contribution in [3.05, 3.63) is 65.7 Å². The molecule has 0 saturated heterocycles. The molecule has 0 heterocycles. The van der Waals surface area contributed by atoms with E-state index in [4.69, 9.17) is 4.55 Å². The summed E-state index contributed by atoms with van der Waals surface area (Å²) < 4.78 is 29.6.